The highest BCUT2D eigenvalue weighted by Gasteiger charge is 2.53. The van der Waals surface area contributed by atoms with Gasteiger partial charge in [0, 0.05) is 6.42 Å². The van der Waals surface area contributed by atoms with Gasteiger partial charge >= 0.3 is 0 Å². The van der Waals surface area contributed by atoms with E-state index in [1.807, 2.05) is 6.08 Å². The van der Waals surface area contributed by atoms with Crippen molar-refractivity contribution < 1.29 is 89.4 Å². The molecule has 1 amide bonds. The van der Waals surface area contributed by atoms with Crippen LogP contribution < -0.4 is 5.32 Å². The molecule has 19 nitrogen and oxygen atoms in total. The molecule has 19 heteroatoms. The van der Waals surface area contributed by atoms with Crippen LogP contribution in [0.2, 0.25) is 0 Å². The van der Waals surface area contributed by atoms with Crippen LogP contribution in [0.25, 0.3) is 0 Å². The molecule has 17 atom stereocenters. The fraction of sp³-hybridized carbons (Fsp3) is 0.882. The molecule has 3 aliphatic heterocycles. The van der Waals surface area contributed by atoms with Gasteiger partial charge in [0.25, 0.3) is 0 Å². The molecule has 3 aliphatic rings. The number of rotatable bonds is 60. The van der Waals surface area contributed by atoms with Gasteiger partial charge in [-0.2, -0.15) is 0 Å². The number of ether oxygens (including phenoxy) is 6. The second kappa shape index (κ2) is 57.4. The lowest BCUT2D eigenvalue weighted by Crippen LogP contribution is -2.66. The normalized spacial score (nSPS) is 27.4. The van der Waals surface area contributed by atoms with Gasteiger partial charge in [-0.05, 0) is 64.2 Å². The van der Waals surface area contributed by atoms with E-state index < -0.39 is 124 Å². The first-order valence-electron chi connectivity index (χ1n) is 38.4. The van der Waals surface area contributed by atoms with Crippen LogP contribution in [0.4, 0.5) is 0 Å². The fourth-order valence-electron chi connectivity index (χ4n) is 12.9. The minimum Gasteiger partial charge on any atom is -0.394 e. The van der Waals surface area contributed by atoms with Crippen molar-refractivity contribution in [2.24, 2.45) is 0 Å². The predicted octanol–water partition coefficient (Wildman–Crippen LogP) is 11.7. The molecule has 0 aliphatic carbocycles. The van der Waals surface area contributed by atoms with E-state index >= 15 is 0 Å². The zero-order chi connectivity index (χ0) is 68.9. The summed E-state index contributed by atoms with van der Waals surface area (Å²) in [6, 6.07) is -0.988. The van der Waals surface area contributed by atoms with Gasteiger partial charge in [-0.25, -0.2) is 0 Å². The molecule has 0 aromatic rings. The van der Waals surface area contributed by atoms with E-state index in [4.69, 9.17) is 28.4 Å². The highest BCUT2D eigenvalue weighted by Crippen LogP contribution is 2.33. The summed E-state index contributed by atoms with van der Waals surface area (Å²) in [5, 5.41) is 120. The minimum absolute atomic E-state index is 0.238. The number of carbonyl (C=O) groups is 1. The topological polar surface area (TPSA) is 307 Å². The van der Waals surface area contributed by atoms with Gasteiger partial charge in [0.1, 0.15) is 73.2 Å². The van der Waals surface area contributed by atoms with Crippen LogP contribution in [0.5, 0.6) is 0 Å². The summed E-state index contributed by atoms with van der Waals surface area (Å²) in [5.74, 6) is -0.282. The van der Waals surface area contributed by atoms with Crippen LogP contribution in [0.15, 0.2) is 48.6 Å². The quantitative estimate of drug-likeness (QED) is 0.0199. The molecule has 95 heavy (non-hydrogen) atoms. The summed E-state index contributed by atoms with van der Waals surface area (Å²) < 4.78 is 34.3. The molecule has 17 unspecified atom stereocenters. The number of carbonyl (C=O) groups excluding carboxylic acids is 1. The van der Waals surface area contributed by atoms with Crippen LogP contribution in [0, 0.1) is 0 Å². The Balaban J connectivity index is 1.30. The number of hydrogen-bond donors (Lipinski definition) is 12. The third-order valence-electron chi connectivity index (χ3n) is 19.1. The van der Waals surface area contributed by atoms with Crippen LogP contribution in [0.1, 0.15) is 296 Å². The molecule has 3 heterocycles. The first kappa shape index (κ1) is 87.0. The van der Waals surface area contributed by atoms with E-state index in [0.29, 0.717) is 12.8 Å². The second-order valence-corrected chi connectivity index (χ2v) is 27.5. The van der Waals surface area contributed by atoms with Gasteiger partial charge in [0.05, 0.1) is 38.6 Å². The van der Waals surface area contributed by atoms with E-state index in [0.717, 1.165) is 44.9 Å². The van der Waals surface area contributed by atoms with Crippen LogP contribution in [-0.4, -0.2) is 193 Å². The number of aliphatic hydroxyl groups excluding tert-OH is 11. The second-order valence-electron chi connectivity index (χ2n) is 27.5. The number of aliphatic hydroxyl groups is 11. The van der Waals surface area contributed by atoms with E-state index in [9.17, 15) is 61.0 Å². The summed E-state index contributed by atoms with van der Waals surface area (Å²) in [5.41, 5.74) is 0. The highest BCUT2D eigenvalue weighted by molar-refractivity contribution is 5.76. The number of amides is 1. The molecule has 0 spiro atoms. The largest absolute Gasteiger partial charge is 0.394 e. The Morgan fingerprint density at radius 2 is 0.705 bits per heavy atom. The molecule has 12 N–H and O–H groups in total. The van der Waals surface area contributed by atoms with E-state index in [1.54, 1.807) is 6.08 Å². The lowest BCUT2D eigenvalue weighted by Gasteiger charge is -2.48. The van der Waals surface area contributed by atoms with Crippen molar-refractivity contribution in [2.45, 2.75) is 401 Å². The van der Waals surface area contributed by atoms with Gasteiger partial charge < -0.3 is 89.9 Å². The number of allylic oxidation sites excluding steroid dienone is 7. The zero-order valence-electron chi connectivity index (χ0n) is 59.2. The Labute approximate surface area is 573 Å². The van der Waals surface area contributed by atoms with E-state index in [1.165, 1.54) is 218 Å². The first-order valence-corrected chi connectivity index (χ1v) is 38.4. The summed E-state index contributed by atoms with van der Waals surface area (Å²) in [4.78, 5) is 13.4. The Hall–Kier alpha value is -2.25. The third-order valence-corrected chi connectivity index (χ3v) is 19.1. The maximum atomic E-state index is 13.4. The standard InChI is InChI=1S/C76H139NO18/c1-3-5-7-9-11-13-15-17-18-19-20-21-22-23-24-25-26-27-28-29-30-31-32-33-34-35-36-37-38-39-40-42-44-46-48-50-52-54-64(82)77-59(60(81)53-51-49-47-45-43-41-16-14-12-10-8-6-4-2)58-90-74-70(88)67(85)72(62(56-79)92-74)95-76-71(89)68(86)73(63(57-80)93-76)94-75-69(87)66(84)65(83)61(55-78)91-75/h15,17,19-20,43,45,51,53,59-63,65-76,78-81,83-89H,3-14,16,18,21-42,44,46-50,52,54-58H2,1-2H3,(H,77,82)/b17-15-,20-19-,45-43+,53-51+. The molecule has 0 radical (unpaired) electrons. The van der Waals surface area contributed by atoms with Crippen LogP contribution in [-0.2, 0) is 33.2 Å². The molecule has 0 aromatic heterocycles. The molecule has 3 saturated heterocycles. The fourth-order valence-corrected chi connectivity index (χ4v) is 12.9. The van der Waals surface area contributed by atoms with Crippen molar-refractivity contribution in [1.29, 1.82) is 0 Å². The molecule has 0 aromatic carbocycles. The highest BCUT2D eigenvalue weighted by atomic mass is 16.8. The van der Waals surface area contributed by atoms with Crippen molar-refractivity contribution in [3.8, 4) is 0 Å². The van der Waals surface area contributed by atoms with Gasteiger partial charge in [-0.1, -0.05) is 274 Å². The van der Waals surface area contributed by atoms with Gasteiger partial charge in [-0.15, -0.1) is 0 Å². The number of unbranched alkanes of at least 4 members (excludes halogenated alkanes) is 38. The molecule has 556 valence electrons. The first-order chi connectivity index (χ1) is 46.3. The Kier molecular flexibility index (Phi) is 52.5. The molecule has 0 saturated carbocycles. The lowest BCUT2D eigenvalue weighted by molar-refractivity contribution is -0.379. The molecule has 3 rings (SSSR count). The van der Waals surface area contributed by atoms with Gasteiger partial charge in [-0.3, -0.25) is 4.79 Å². The van der Waals surface area contributed by atoms with Crippen molar-refractivity contribution in [1.82, 2.24) is 5.32 Å². The van der Waals surface area contributed by atoms with Gasteiger partial charge in [0.15, 0.2) is 18.9 Å². The Bertz CT molecular complexity index is 1910. The van der Waals surface area contributed by atoms with Gasteiger partial charge in [0.2, 0.25) is 5.91 Å². The van der Waals surface area contributed by atoms with Crippen molar-refractivity contribution in [3.63, 3.8) is 0 Å². The van der Waals surface area contributed by atoms with E-state index in [2.05, 4.69) is 55.6 Å². The molecular weight excluding hydrogens is 1210 g/mol. The molecule has 3 fully saturated rings. The van der Waals surface area contributed by atoms with Crippen molar-refractivity contribution in [3.05, 3.63) is 48.6 Å². The number of hydrogen-bond acceptors (Lipinski definition) is 18. The average molecular weight is 1350 g/mol. The molecule has 0 bridgehead atoms. The maximum absolute atomic E-state index is 13.4. The summed E-state index contributed by atoms with van der Waals surface area (Å²) in [7, 11) is 0. The van der Waals surface area contributed by atoms with E-state index in [-0.39, 0.29) is 18.9 Å². The van der Waals surface area contributed by atoms with Crippen molar-refractivity contribution in [2.75, 3.05) is 26.4 Å². The lowest BCUT2D eigenvalue weighted by atomic mass is 9.96. The summed E-state index contributed by atoms with van der Waals surface area (Å²) in [6.07, 6.45) is 44.2. The SMILES string of the molecule is CCCCCCC/C=C\C/C=C\CCCCCCCCCCCCCCCCCCCCCCCCCCCC(=O)NC(COC1OC(CO)C(OC2OC(CO)C(OC3OC(CO)C(O)C(O)C3O)C(O)C2O)C(O)C1O)C(O)/C=C/CC/C=C/CCCCCCCCC. The minimum atomic E-state index is -1.98. The predicted molar refractivity (Wildman–Crippen MR) is 374 cm³/mol. The number of nitrogens with one attached hydrogen (secondary N) is 1. The Morgan fingerprint density at radius 3 is 1.12 bits per heavy atom. The third kappa shape index (κ3) is 38.4. The summed E-state index contributed by atoms with van der Waals surface area (Å²) >= 11 is 0. The monoisotopic (exact) mass is 1350 g/mol. The van der Waals surface area contributed by atoms with Crippen LogP contribution in [0.3, 0.4) is 0 Å². The summed E-state index contributed by atoms with van der Waals surface area (Å²) in [6.45, 7) is 1.71. The van der Waals surface area contributed by atoms with Crippen molar-refractivity contribution >= 4 is 5.91 Å². The maximum Gasteiger partial charge on any atom is 0.220 e. The molecular formula is C76H139NO18. The van der Waals surface area contributed by atoms with Crippen LogP contribution >= 0.6 is 0 Å². The Morgan fingerprint density at radius 1 is 0.379 bits per heavy atom. The zero-order valence-corrected chi connectivity index (χ0v) is 59.2. The smallest absolute Gasteiger partial charge is 0.220 e. The average Bonchev–Trinajstić information content (AvgIpc) is 0.791.